The van der Waals surface area contributed by atoms with Crippen LogP contribution in [-0.2, 0) is 34.1 Å². The van der Waals surface area contributed by atoms with E-state index in [1.54, 1.807) is 4.90 Å². The molecule has 1 aromatic heterocycles. The number of rotatable bonds is 7. The van der Waals surface area contributed by atoms with E-state index >= 15 is 0 Å². The summed E-state index contributed by atoms with van der Waals surface area (Å²) in [6, 6.07) is 11.6. The van der Waals surface area contributed by atoms with Crippen LogP contribution in [0.2, 0.25) is 5.02 Å². The maximum Gasteiger partial charge on any atom is 0.331 e. The fourth-order valence-electron chi connectivity index (χ4n) is 6.46. The first-order chi connectivity index (χ1) is 20.8. The van der Waals surface area contributed by atoms with Crippen molar-refractivity contribution in [3.05, 3.63) is 85.9 Å². The topological polar surface area (TPSA) is 131 Å². The van der Waals surface area contributed by atoms with Crippen molar-refractivity contribution >= 4 is 39.1 Å². The van der Waals surface area contributed by atoms with Crippen LogP contribution in [0.1, 0.15) is 18.4 Å². The van der Waals surface area contributed by atoms with Crippen LogP contribution in [0.4, 0.5) is 14.9 Å². The number of sulfone groups is 1. The zero-order valence-electron chi connectivity index (χ0n) is 24.0. The molecular formula is C30H31ClFN5O6S. The highest BCUT2D eigenvalue weighted by atomic mass is 35.5. The number of aromatic nitrogens is 2. The molecule has 1 saturated heterocycles. The van der Waals surface area contributed by atoms with Gasteiger partial charge in [0.2, 0.25) is 5.91 Å². The van der Waals surface area contributed by atoms with Crippen molar-refractivity contribution in [3.8, 4) is 11.1 Å². The molecule has 1 aliphatic carbocycles. The smallest absolute Gasteiger partial charge is 0.331 e. The monoisotopic (exact) mass is 643 g/mol. The van der Waals surface area contributed by atoms with E-state index in [2.05, 4.69) is 5.32 Å². The number of fused-ring (bicyclic) bond motifs is 1. The Morgan fingerprint density at radius 1 is 1.07 bits per heavy atom. The summed E-state index contributed by atoms with van der Waals surface area (Å²) in [6.45, 7) is 0.729. The molecule has 6 rings (SSSR count). The first kappa shape index (κ1) is 30.1. The van der Waals surface area contributed by atoms with Crippen LogP contribution in [0.3, 0.4) is 0 Å². The normalized spacial score (nSPS) is 17.8. The van der Waals surface area contributed by atoms with E-state index in [0.717, 1.165) is 52.0 Å². The number of para-hydroxylation sites is 1. The Labute approximate surface area is 257 Å². The highest BCUT2D eigenvalue weighted by molar-refractivity contribution is 7.90. The lowest BCUT2D eigenvalue weighted by atomic mass is 9.60. The molecular weight excluding hydrogens is 613 g/mol. The quantitative estimate of drug-likeness (QED) is 0.421. The van der Waals surface area contributed by atoms with Crippen LogP contribution in [0.15, 0.2) is 58.3 Å². The van der Waals surface area contributed by atoms with Crippen LogP contribution in [0.5, 0.6) is 0 Å². The van der Waals surface area contributed by atoms with E-state index in [1.165, 1.54) is 18.3 Å². The molecule has 3 aromatic rings. The van der Waals surface area contributed by atoms with Crippen LogP contribution in [0.25, 0.3) is 11.1 Å². The third kappa shape index (κ3) is 5.65. The van der Waals surface area contributed by atoms with Crippen molar-refractivity contribution in [2.45, 2.75) is 38.4 Å². The van der Waals surface area contributed by atoms with Gasteiger partial charge in [0, 0.05) is 61.3 Å². The summed E-state index contributed by atoms with van der Waals surface area (Å²) in [6.07, 6.45) is 4.44. The number of halogens is 2. The number of anilines is 1. The van der Waals surface area contributed by atoms with Crippen molar-refractivity contribution in [3.63, 3.8) is 0 Å². The third-order valence-electron chi connectivity index (χ3n) is 8.80. The van der Waals surface area contributed by atoms with Crippen LogP contribution < -0.4 is 16.6 Å². The Kier molecular flexibility index (Phi) is 7.65. The predicted octanol–water partition coefficient (Wildman–Crippen LogP) is 2.60. The highest BCUT2D eigenvalue weighted by Gasteiger charge is 2.55. The van der Waals surface area contributed by atoms with Gasteiger partial charge in [-0.1, -0.05) is 41.9 Å². The lowest BCUT2D eigenvalue weighted by Gasteiger charge is -2.60. The Bertz CT molecular complexity index is 1890. The third-order valence-corrected chi connectivity index (χ3v) is 10.1. The predicted molar refractivity (Wildman–Crippen MR) is 163 cm³/mol. The number of likely N-dealkylation sites (tertiary alicyclic amines) is 1. The summed E-state index contributed by atoms with van der Waals surface area (Å²) < 4.78 is 39.6. The SMILES string of the molecule is CS(=O)(=O)CCn1c(=O)c(-c2cccc(F)c2Cl)cn(CC(=O)N2CC3(CC(N4CCc5ccccc5NC4=O)C3)C2)c1=O. The van der Waals surface area contributed by atoms with E-state index in [0.29, 0.717) is 19.6 Å². The molecule has 3 heterocycles. The van der Waals surface area contributed by atoms with Crippen molar-refractivity contribution in [1.82, 2.24) is 18.9 Å². The molecule has 14 heteroatoms. The standard InChI is InChI=1S/C30H31ClFN5O6S/c1-44(42,43)12-11-37-27(39)22(21-6-4-7-23(32)26(21)31)15-34(29(37)41)16-25(38)35-17-30(18-35)13-20(14-30)36-10-9-19-5-2-3-8-24(19)33-28(36)40/h2-8,15,20H,9-14,16-18H2,1H3,(H,33,40). The first-order valence-electron chi connectivity index (χ1n) is 14.2. The summed E-state index contributed by atoms with van der Waals surface area (Å²) in [5, 5.41) is 2.66. The van der Waals surface area contributed by atoms with Crippen LogP contribution in [0, 0.1) is 11.2 Å². The minimum absolute atomic E-state index is 0.0232. The van der Waals surface area contributed by atoms with Gasteiger partial charge in [0.15, 0.2) is 0 Å². The van der Waals surface area contributed by atoms with Crippen molar-refractivity contribution in [2.75, 3.05) is 37.0 Å². The molecule has 3 aliphatic rings. The Balaban J connectivity index is 1.16. The van der Waals surface area contributed by atoms with Crippen LogP contribution >= 0.6 is 11.6 Å². The van der Waals surface area contributed by atoms with Gasteiger partial charge in [0.05, 0.1) is 16.3 Å². The van der Waals surface area contributed by atoms with Gasteiger partial charge in [-0.3, -0.25) is 18.7 Å². The second kappa shape index (κ2) is 11.2. The van der Waals surface area contributed by atoms with Crippen LogP contribution in [-0.4, -0.2) is 77.0 Å². The molecule has 11 nitrogen and oxygen atoms in total. The molecule has 0 unspecified atom stereocenters. The number of urea groups is 1. The van der Waals surface area contributed by atoms with Gasteiger partial charge in [-0.05, 0) is 37.0 Å². The summed E-state index contributed by atoms with van der Waals surface area (Å²) in [5.41, 5.74) is 0.0346. The minimum Gasteiger partial charge on any atom is -0.340 e. The first-order valence-corrected chi connectivity index (χ1v) is 16.7. The Morgan fingerprint density at radius 2 is 1.80 bits per heavy atom. The summed E-state index contributed by atoms with van der Waals surface area (Å²) in [5.74, 6) is -1.60. The second-order valence-corrected chi connectivity index (χ2v) is 14.6. The number of carbonyl (C=O) groups excluding carboxylic acids is 2. The number of benzene rings is 2. The largest absolute Gasteiger partial charge is 0.340 e. The fraction of sp³-hybridized carbons (Fsp3) is 0.400. The van der Waals surface area contributed by atoms with Crippen molar-refractivity contribution in [2.24, 2.45) is 5.41 Å². The van der Waals surface area contributed by atoms with E-state index in [-0.39, 0.29) is 39.5 Å². The molecule has 0 atom stereocenters. The number of nitrogens with one attached hydrogen (secondary N) is 1. The van der Waals surface area contributed by atoms with Gasteiger partial charge in [0.1, 0.15) is 22.2 Å². The number of hydrogen-bond donors (Lipinski definition) is 1. The molecule has 2 aromatic carbocycles. The van der Waals surface area contributed by atoms with Gasteiger partial charge >= 0.3 is 11.7 Å². The summed E-state index contributed by atoms with van der Waals surface area (Å²) >= 11 is 6.13. The maximum atomic E-state index is 14.2. The maximum absolute atomic E-state index is 14.2. The van der Waals surface area contributed by atoms with E-state index < -0.39 is 45.7 Å². The molecule has 2 fully saturated rings. The van der Waals surface area contributed by atoms with E-state index in [4.69, 9.17) is 11.6 Å². The summed E-state index contributed by atoms with van der Waals surface area (Å²) in [4.78, 5) is 56.2. The number of amides is 3. The zero-order valence-corrected chi connectivity index (χ0v) is 25.5. The van der Waals surface area contributed by atoms with Gasteiger partial charge in [0.25, 0.3) is 5.56 Å². The fourth-order valence-corrected chi connectivity index (χ4v) is 7.20. The molecule has 2 aliphatic heterocycles. The number of carbonyl (C=O) groups is 2. The summed E-state index contributed by atoms with van der Waals surface area (Å²) in [7, 11) is -3.53. The molecule has 0 bridgehead atoms. The minimum atomic E-state index is -3.53. The average molecular weight is 644 g/mol. The lowest BCUT2D eigenvalue weighted by molar-refractivity contribution is -0.156. The molecule has 44 heavy (non-hydrogen) atoms. The molecule has 3 amide bonds. The lowest BCUT2D eigenvalue weighted by Crippen LogP contribution is -2.68. The van der Waals surface area contributed by atoms with Gasteiger partial charge in [-0.2, -0.15) is 0 Å². The molecule has 1 spiro atoms. The van der Waals surface area contributed by atoms with Crippen molar-refractivity contribution in [1.29, 1.82) is 0 Å². The Morgan fingerprint density at radius 3 is 2.52 bits per heavy atom. The molecule has 232 valence electrons. The van der Waals surface area contributed by atoms with Gasteiger partial charge < -0.3 is 15.1 Å². The van der Waals surface area contributed by atoms with E-state index in [9.17, 15) is 32.0 Å². The van der Waals surface area contributed by atoms with Gasteiger partial charge in [-0.15, -0.1) is 0 Å². The Hall–Kier alpha value is -3.97. The average Bonchev–Trinajstić information content (AvgIpc) is 3.08. The molecule has 1 saturated carbocycles. The zero-order chi connectivity index (χ0) is 31.4. The van der Waals surface area contributed by atoms with Crippen molar-refractivity contribution < 1.29 is 22.4 Å². The molecule has 1 N–H and O–H groups in total. The molecule has 0 radical (unpaired) electrons. The number of hydrogen-bond acceptors (Lipinski definition) is 6. The second-order valence-electron chi connectivity index (χ2n) is 12.0. The van der Waals surface area contributed by atoms with Gasteiger partial charge in [-0.25, -0.2) is 22.4 Å². The van der Waals surface area contributed by atoms with E-state index in [1.807, 2.05) is 29.2 Å². The highest BCUT2D eigenvalue weighted by Crippen LogP contribution is 2.50. The number of nitrogens with zero attached hydrogens (tertiary/aromatic N) is 4.